The molecule has 1 heterocycles. The maximum absolute atomic E-state index is 12.4. The molecule has 6 nitrogen and oxygen atoms in total. The van der Waals surface area contributed by atoms with E-state index >= 15 is 0 Å². The summed E-state index contributed by atoms with van der Waals surface area (Å²) in [5.41, 5.74) is 11.4. The number of rotatable bonds is 4. The van der Waals surface area contributed by atoms with Crippen molar-refractivity contribution in [3.63, 3.8) is 0 Å². The molecule has 0 radical (unpaired) electrons. The maximum Gasteiger partial charge on any atom is 0.243 e. The van der Waals surface area contributed by atoms with Crippen molar-refractivity contribution < 1.29 is 8.42 Å². The Balaban J connectivity index is 0.00000220. The summed E-state index contributed by atoms with van der Waals surface area (Å²) in [6, 6.07) is 6.70. The van der Waals surface area contributed by atoms with Crippen LogP contribution in [0.1, 0.15) is 24.8 Å². The van der Waals surface area contributed by atoms with Crippen LogP contribution in [0.15, 0.2) is 34.2 Å². The van der Waals surface area contributed by atoms with Crippen molar-refractivity contribution in [1.29, 1.82) is 0 Å². The molecular weight excluding hydrogens is 403 g/mol. The topological polar surface area (TPSA) is 102 Å². The lowest BCUT2D eigenvalue weighted by Crippen LogP contribution is -2.35. The molecule has 1 fully saturated rings. The van der Waals surface area contributed by atoms with E-state index in [2.05, 4.69) is 4.99 Å². The summed E-state index contributed by atoms with van der Waals surface area (Å²) in [5, 5.41) is 0. The van der Waals surface area contributed by atoms with Crippen LogP contribution in [0.3, 0.4) is 0 Å². The lowest BCUT2D eigenvalue weighted by Gasteiger charge is -2.25. The van der Waals surface area contributed by atoms with Crippen LogP contribution in [0.5, 0.6) is 0 Å². The van der Waals surface area contributed by atoms with E-state index in [0.29, 0.717) is 24.5 Å². The van der Waals surface area contributed by atoms with Gasteiger partial charge in [-0.15, -0.1) is 24.0 Å². The van der Waals surface area contributed by atoms with E-state index in [1.54, 1.807) is 28.6 Å². The predicted octanol–water partition coefficient (Wildman–Crippen LogP) is 1.25. The number of hydrogen-bond acceptors (Lipinski definition) is 3. The highest BCUT2D eigenvalue weighted by Gasteiger charge is 2.25. The van der Waals surface area contributed by atoms with Gasteiger partial charge in [0.2, 0.25) is 10.0 Å². The van der Waals surface area contributed by atoms with Crippen molar-refractivity contribution in [2.45, 2.75) is 30.7 Å². The van der Waals surface area contributed by atoms with E-state index in [4.69, 9.17) is 11.5 Å². The summed E-state index contributed by atoms with van der Waals surface area (Å²) in [7, 11) is -3.36. The van der Waals surface area contributed by atoms with E-state index in [1.165, 1.54) is 0 Å². The molecule has 1 aromatic carbocycles. The third kappa shape index (κ3) is 4.82. The van der Waals surface area contributed by atoms with Crippen LogP contribution in [-0.4, -0.2) is 31.8 Å². The number of guanidine groups is 1. The first-order valence-corrected chi connectivity index (χ1v) is 8.08. The first-order chi connectivity index (χ1) is 9.50. The summed E-state index contributed by atoms with van der Waals surface area (Å²) in [6.07, 6.45) is 2.97. The Hall–Kier alpha value is -0.870. The standard InChI is InChI=1S/C13H20N4O2S.HI/c14-13(15)16-10-11-4-6-12(7-5-11)20(18,19)17-8-2-1-3-9-17;/h4-7H,1-3,8-10H2,(H4,14,15,16);1H. The molecule has 2 rings (SSSR count). The third-order valence-corrected chi connectivity index (χ3v) is 5.23. The van der Waals surface area contributed by atoms with Gasteiger partial charge in [0.15, 0.2) is 5.96 Å². The number of sulfonamides is 1. The van der Waals surface area contributed by atoms with Crippen molar-refractivity contribution >= 4 is 40.0 Å². The Morgan fingerprint density at radius 1 is 1.10 bits per heavy atom. The molecule has 1 aromatic rings. The van der Waals surface area contributed by atoms with Gasteiger partial charge in [-0.2, -0.15) is 4.31 Å². The molecule has 0 bridgehead atoms. The van der Waals surface area contributed by atoms with Gasteiger partial charge in [-0.1, -0.05) is 18.6 Å². The second kappa shape index (κ2) is 7.95. The molecular formula is C13H21IN4O2S. The molecule has 8 heteroatoms. The van der Waals surface area contributed by atoms with Crippen molar-refractivity contribution in [1.82, 2.24) is 4.31 Å². The van der Waals surface area contributed by atoms with Gasteiger partial charge < -0.3 is 11.5 Å². The van der Waals surface area contributed by atoms with Crippen LogP contribution >= 0.6 is 24.0 Å². The van der Waals surface area contributed by atoms with E-state index in [-0.39, 0.29) is 29.9 Å². The van der Waals surface area contributed by atoms with E-state index in [0.717, 1.165) is 24.8 Å². The summed E-state index contributed by atoms with van der Waals surface area (Å²) in [5.74, 6) is 0.0232. The molecule has 0 amide bonds. The molecule has 0 atom stereocenters. The minimum atomic E-state index is -3.36. The molecule has 4 N–H and O–H groups in total. The molecule has 1 saturated heterocycles. The minimum Gasteiger partial charge on any atom is -0.370 e. The molecule has 21 heavy (non-hydrogen) atoms. The maximum atomic E-state index is 12.4. The Labute approximate surface area is 142 Å². The SMILES string of the molecule is I.NC(N)=NCc1ccc(S(=O)(=O)N2CCCCC2)cc1. The minimum absolute atomic E-state index is 0. The molecule has 0 unspecified atom stereocenters. The molecule has 1 aliphatic heterocycles. The van der Waals surface area contributed by atoms with Crippen LogP contribution in [0, 0.1) is 0 Å². The molecule has 0 saturated carbocycles. The normalized spacial score (nSPS) is 16.0. The highest BCUT2D eigenvalue weighted by atomic mass is 127. The second-order valence-electron chi connectivity index (χ2n) is 4.85. The average molecular weight is 424 g/mol. The van der Waals surface area contributed by atoms with E-state index < -0.39 is 10.0 Å². The molecule has 0 spiro atoms. The second-order valence-corrected chi connectivity index (χ2v) is 6.79. The fourth-order valence-corrected chi connectivity index (χ4v) is 3.72. The highest BCUT2D eigenvalue weighted by molar-refractivity contribution is 14.0. The zero-order valence-electron chi connectivity index (χ0n) is 11.7. The fourth-order valence-electron chi connectivity index (χ4n) is 2.20. The fraction of sp³-hybridized carbons (Fsp3) is 0.462. The molecule has 0 aliphatic carbocycles. The summed E-state index contributed by atoms with van der Waals surface area (Å²) in [6.45, 7) is 1.57. The summed E-state index contributed by atoms with van der Waals surface area (Å²) in [4.78, 5) is 4.22. The van der Waals surface area contributed by atoms with E-state index in [1.807, 2.05) is 0 Å². The lowest BCUT2D eigenvalue weighted by atomic mass is 10.2. The number of nitrogens with two attached hydrogens (primary N) is 2. The molecule has 1 aliphatic rings. The Morgan fingerprint density at radius 3 is 2.19 bits per heavy atom. The van der Waals surface area contributed by atoms with Gasteiger partial charge >= 0.3 is 0 Å². The van der Waals surface area contributed by atoms with Gasteiger partial charge in [0.1, 0.15) is 0 Å². The van der Waals surface area contributed by atoms with Crippen LogP contribution in [0.4, 0.5) is 0 Å². The average Bonchev–Trinajstić information content (AvgIpc) is 2.46. The summed E-state index contributed by atoms with van der Waals surface area (Å²) < 4.78 is 26.4. The largest absolute Gasteiger partial charge is 0.370 e. The number of benzene rings is 1. The predicted molar refractivity (Wildman–Crippen MR) is 94.0 cm³/mol. The van der Waals surface area contributed by atoms with Crippen molar-refractivity contribution in [2.24, 2.45) is 16.5 Å². The number of piperidine rings is 1. The zero-order valence-corrected chi connectivity index (χ0v) is 14.9. The Morgan fingerprint density at radius 2 is 1.67 bits per heavy atom. The summed E-state index contributed by atoms with van der Waals surface area (Å²) >= 11 is 0. The van der Waals surface area contributed by atoms with Crippen molar-refractivity contribution in [3.05, 3.63) is 29.8 Å². The van der Waals surface area contributed by atoms with Crippen molar-refractivity contribution in [3.8, 4) is 0 Å². The first-order valence-electron chi connectivity index (χ1n) is 6.64. The van der Waals surface area contributed by atoms with Crippen LogP contribution in [-0.2, 0) is 16.6 Å². The van der Waals surface area contributed by atoms with E-state index in [9.17, 15) is 8.42 Å². The smallest absolute Gasteiger partial charge is 0.243 e. The number of hydrogen-bond donors (Lipinski definition) is 2. The zero-order chi connectivity index (χ0) is 14.6. The molecule has 118 valence electrons. The number of aliphatic imine (C=N–C) groups is 1. The van der Waals surface area contributed by atoms with Gasteiger partial charge in [0, 0.05) is 13.1 Å². The number of nitrogens with zero attached hydrogens (tertiary/aromatic N) is 2. The Bertz CT molecular complexity index is 577. The third-order valence-electron chi connectivity index (χ3n) is 3.32. The van der Waals surface area contributed by atoms with Gasteiger partial charge in [0.25, 0.3) is 0 Å². The van der Waals surface area contributed by atoms with Gasteiger partial charge in [0.05, 0.1) is 11.4 Å². The first kappa shape index (κ1) is 18.2. The number of halogens is 1. The van der Waals surface area contributed by atoms with Gasteiger partial charge in [-0.3, -0.25) is 0 Å². The monoisotopic (exact) mass is 424 g/mol. The van der Waals surface area contributed by atoms with Crippen LogP contribution in [0.25, 0.3) is 0 Å². The molecule has 0 aromatic heterocycles. The van der Waals surface area contributed by atoms with Crippen LogP contribution < -0.4 is 11.5 Å². The quantitative estimate of drug-likeness (QED) is 0.432. The van der Waals surface area contributed by atoms with Crippen LogP contribution in [0.2, 0.25) is 0 Å². The highest BCUT2D eigenvalue weighted by Crippen LogP contribution is 2.20. The lowest BCUT2D eigenvalue weighted by molar-refractivity contribution is 0.346. The Kier molecular flexibility index (Phi) is 6.88. The van der Waals surface area contributed by atoms with Gasteiger partial charge in [-0.25, -0.2) is 13.4 Å². The van der Waals surface area contributed by atoms with Crippen molar-refractivity contribution in [2.75, 3.05) is 13.1 Å². The van der Waals surface area contributed by atoms with Gasteiger partial charge in [-0.05, 0) is 30.5 Å².